The van der Waals surface area contributed by atoms with Crippen LogP contribution in [0.2, 0.25) is 0 Å². The predicted molar refractivity (Wildman–Crippen MR) is 75.6 cm³/mol. The first-order valence-corrected chi connectivity index (χ1v) is 8.73. The van der Waals surface area contributed by atoms with Gasteiger partial charge < -0.3 is 10.6 Å². The van der Waals surface area contributed by atoms with Gasteiger partial charge in [-0.1, -0.05) is 0 Å². The molecule has 1 aromatic rings. The summed E-state index contributed by atoms with van der Waals surface area (Å²) >= 11 is 1.33. The van der Waals surface area contributed by atoms with Gasteiger partial charge in [-0.25, -0.2) is 13.1 Å². The molecule has 0 saturated carbocycles. The second-order valence-corrected chi connectivity index (χ2v) is 7.36. The van der Waals surface area contributed by atoms with Crippen LogP contribution in [0.1, 0.15) is 22.5 Å². The molecule has 1 amide bonds. The van der Waals surface area contributed by atoms with E-state index in [9.17, 15) is 13.2 Å². The molecule has 106 valence electrons. The van der Waals surface area contributed by atoms with E-state index < -0.39 is 10.0 Å². The Kier molecular flexibility index (Phi) is 4.12. The van der Waals surface area contributed by atoms with Gasteiger partial charge in [-0.15, -0.1) is 11.3 Å². The van der Waals surface area contributed by atoms with Crippen LogP contribution in [0.5, 0.6) is 0 Å². The number of amides is 1. The number of carbonyl (C=O) groups is 1. The van der Waals surface area contributed by atoms with Gasteiger partial charge in [-0.3, -0.25) is 4.79 Å². The Morgan fingerprint density at radius 1 is 1.47 bits per heavy atom. The van der Waals surface area contributed by atoms with Gasteiger partial charge in [0.2, 0.25) is 10.0 Å². The molecular formula is C11H17N3O3S2. The van der Waals surface area contributed by atoms with E-state index in [-0.39, 0.29) is 11.9 Å². The van der Waals surface area contributed by atoms with Crippen LogP contribution in [0.15, 0.2) is 11.4 Å². The summed E-state index contributed by atoms with van der Waals surface area (Å²) in [6.45, 7) is 1.09. The summed E-state index contributed by atoms with van der Waals surface area (Å²) in [4.78, 5) is 14.5. The van der Waals surface area contributed by atoms with Crippen molar-refractivity contribution in [1.29, 1.82) is 0 Å². The van der Waals surface area contributed by atoms with Gasteiger partial charge in [0.15, 0.2) is 0 Å². The number of nitrogens with one attached hydrogen (secondary N) is 1. The van der Waals surface area contributed by atoms with Crippen molar-refractivity contribution in [3.05, 3.63) is 16.3 Å². The zero-order valence-electron chi connectivity index (χ0n) is 10.6. The monoisotopic (exact) mass is 303 g/mol. The highest BCUT2D eigenvalue weighted by atomic mass is 32.2. The number of thiophene rings is 1. The molecule has 1 fully saturated rings. The molecule has 0 unspecified atom stereocenters. The Labute approximate surface area is 116 Å². The summed E-state index contributed by atoms with van der Waals surface area (Å²) in [6, 6.07) is 1.63. The minimum atomic E-state index is -3.18. The Morgan fingerprint density at radius 2 is 2.11 bits per heavy atom. The minimum absolute atomic E-state index is 0.0645. The van der Waals surface area contributed by atoms with Gasteiger partial charge >= 0.3 is 0 Å². The van der Waals surface area contributed by atoms with Gasteiger partial charge in [0.1, 0.15) is 4.88 Å². The third-order valence-electron chi connectivity index (χ3n) is 3.05. The molecular weight excluding hydrogens is 286 g/mol. The lowest BCUT2D eigenvalue weighted by molar-refractivity contribution is 0.0717. The lowest BCUT2D eigenvalue weighted by atomic mass is 10.1. The number of carbonyl (C=O) groups excluding carboxylic acids is 1. The summed E-state index contributed by atoms with van der Waals surface area (Å²) in [5.74, 6) is -0.0645. The standard InChI is InChI=1S/C11H17N3O3S2/c1-19(16,17)13-8-2-5-14(6-3-8)11(15)10-9(12)4-7-18-10/h4,7-8,13H,2-3,5-6,12H2,1H3. The predicted octanol–water partition coefficient (Wildman–Crippen LogP) is 0.484. The third kappa shape index (κ3) is 3.68. The van der Waals surface area contributed by atoms with Gasteiger partial charge in [0.25, 0.3) is 5.91 Å². The number of piperidine rings is 1. The largest absolute Gasteiger partial charge is 0.397 e. The number of nitrogens with two attached hydrogens (primary N) is 1. The second kappa shape index (κ2) is 5.48. The van der Waals surface area contributed by atoms with E-state index in [0.717, 1.165) is 6.26 Å². The second-order valence-electron chi connectivity index (χ2n) is 4.66. The Bertz CT molecular complexity index is 559. The van der Waals surface area contributed by atoms with Crippen molar-refractivity contribution < 1.29 is 13.2 Å². The van der Waals surface area contributed by atoms with Crippen molar-refractivity contribution in [2.75, 3.05) is 25.1 Å². The van der Waals surface area contributed by atoms with Crippen LogP contribution in [-0.4, -0.2) is 44.6 Å². The average Bonchev–Trinajstić information content (AvgIpc) is 2.73. The maximum atomic E-state index is 12.2. The molecule has 6 nitrogen and oxygen atoms in total. The lowest BCUT2D eigenvalue weighted by Gasteiger charge is -2.31. The third-order valence-corrected chi connectivity index (χ3v) is 4.73. The molecule has 0 atom stereocenters. The molecule has 0 radical (unpaired) electrons. The molecule has 1 saturated heterocycles. The van der Waals surface area contributed by atoms with Gasteiger partial charge in [0.05, 0.1) is 11.9 Å². The van der Waals surface area contributed by atoms with Crippen LogP contribution in [0.4, 0.5) is 5.69 Å². The smallest absolute Gasteiger partial charge is 0.266 e. The van der Waals surface area contributed by atoms with Crippen molar-refractivity contribution in [2.24, 2.45) is 0 Å². The number of anilines is 1. The van der Waals surface area contributed by atoms with Crippen LogP contribution in [0, 0.1) is 0 Å². The van der Waals surface area contributed by atoms with Crippen molar-refractivity contribution in [3.8, 4) is 0 Å². The Balaban J connectivity index is 1.94. The molecule has 8 heteroatoms. The molecule has 2 heterocycles. The van der Waals surface area contributed by atoms with Gasteiger partial charge in [-0.2, -0.15) is 0 Å². The van der Waals surface area contributed by atoms with Crippen molar-refractivity contribution in [3.63, 3.8) is 0 Å². The summed E-state index contributed by atoms with van der Waals surface area (Å²) < 4.78 is 24.9. The highest BCUT2D eigenvalue weighted by Gasteiger charge is 2.26. The summed E-state index contributed by atoms with van der Waals surface area (Å²) in [6.07, 6.45) is 2.41. The van der Waals surface area contributed by atoms with Crippen LogP contribution >= 0.6 is 11.3 Å². The molecule has 1 aliphatic heterocycles. The van der Waals surface area contributed by atoms with Crippen molar-refractivity contribution >= 4 is 33.0 Å². The van der Waals surface area contributed by atoms with Gasteiger partial charge in [0, 0.05) is 19.1 Å². The first-order chi connectivity index (χ1) is 8.87. The molecule has 0 bridgehead atoms. The topological polar surface area (TPSA) is 92.5 Å². The number of nitrogen functional groups attached to an aromatic ring is 1. The summed E-state index contributed by atoms with van der Waals surface area (Å²) in [5, 5.41) is 1.79. The number of likely N-dealkylation sites (tertiary alicyclic amines) is 1. The number of nitrogens with zero attached hydrogens (tertiary/aromatic N) is 1. The zero-order chi connectivity index (χ0) is 14.0. The minimum Gasteiger partial charge on any atom is -0.397 e. The number of hydrogen-bond acceptors (Lipinski definition) is 5. The molecule has 0 aliphatic carbocycles. The fraction of sp³-hybridized carbons (Fsp3) is 0.545. The first kappa shape index (κ1) is 14.3. The fourth-order valence-corrected chi connectivity index (χ4v) is 3.77. The van der Waals surface area contributed by atoms with Crippen LogP contribution in [-0.2, 0) is 10.0 Å². The molecule has 19 heavy (non-hydrogen) atoms. The lowest BCUT2D eigenvalue weighted by Crippen LogP contribution is -2.46. The van der Waals surface area contributed by atoms with Gasteiger partial charge in [-0.05, 0) is 24.3 Å². The summed E-state index contributed by atoms with van der Waals surface area (Å²) in [5.41, 5.74) is 6.24. The number of hydrogen-bond donors (Lipinski definition) is 2. The van der Waals surface area contributed by atoms with E-state index in [1.807, 2.05) is 0 Å². The molecule has 2 rings (SSSR count). The molecule has 3 N–H and O–H groups in total. The molecule has 1 aromatic heterocycles. The first-order valence-electron chi connectivity index (χ1n) is 5.96. The van der Waals surface area contributed by atoms with E-state index in [4.69, 9.17) is 5.73 Å². The van der Waals surface area contributed by atoms with Crippen LogP contribution < -0.4 is 10.5 Å². The van der Waals surface area contributed by atoms with E-state index in [1.54, 1.807) is 16.3 Å². The zero-order valence-corrected chi connectivity index (χ0v) is 12.3. The Morgan fingerprint density at radius 3 is 2.58 bits per heavy atom. The number of rotatable bonds is 3. The maximum absolute atomic E-state index is 12.2. The number of sulfonamides is 1. The molecule has 1 aliphatic rings. The van der Waals surface area contributed by atoms with Crippen molar-refractivity contribution in [2.45, 2.75) is 18.9 Å². The van der Waals surface area contributed by atoms with Crippen LogP contribution in [0.3, 0.4) is 0 Å². The SMILES string of the molecule is CS(=O)(=O)NC1CCN(C(=O)c2sccc2N)CC1. The highest BCUT2D eigenvalue weighted by Crippen LogP contribution is 2.22. The summed E-state index contributed by atoms with van der Waals surface area (Å²) in [7, 11) is -3.18. The van der Waals surface area contributed by atoms with E-state index in [2.05, 4.69) is 4.72 Å². The molecule has 0 aromatic carbocycles. The maximum Gasteiger partial charge on any atom is 0.266 e. The normalized spacial score (nSPS) is 17.6. The highest BCUT2D eigenvalue weighted by molar-refractivity contribution is 7.88. The molecule has 0 spiro atoms. The quantitative estimate of drug-likeness (QED) is 0.849. The average molecular weight is 303 g/mol. The van der Waals surface area contributed by atoms with Crippen LogP contribution in [0.25, 0.3) is 0 Å². The van der Waals surface area contributed by atoms with E-state index in [0.29, 0.717) is 36.5 Å². The Hall–Kier alpha value is -1.12. The van der Waals surface area contributed by atoms with E-state index in [1.165, 1.54) is 11.3 Å². The van der Waals surface area contributed by atoms with Crippen molar-refractivity contribution in [1.82, 2.24) is 9.62 Å². The van der Waals surface area contributed by atoms with E-state index >= 15 is 0 Å². The fourth-order valence-electron chi connectivity index (χ4n) is 2.14.